The van der Waals surface area contributed by atoms with E-state index in [2.05, 4.69) is 4.98 Å². The molecular weight excluding hydrogens is 395 g/mol. The monoisotopic (exact) mass is 422 g/mol. The first-order chi connectivity index (χ1) is 15.1. The third-order valence-electron chi connectivity index (χ3n) is 6.02. The number of aromatic nitrogens is 1. The molecule has 0 unspecified atom stereocenters. The fraction of sp³-hybridized carbons (Fsp3) is 0.360. The van der Waals surface area contributed by atoms with Crippen molar-refractivity contribution in [3.63, 3.8) is 0 Å². The number of hydrogen-bond acceptors (Lipinski definition) is 3. The van der Waals surface area contributed by atoms with E-state index in [9.17, 15) is 14.0 Å². The molecule has 0 radical (unpaired) electrons. The molecule has 2 heterocycles. The Morgan fingerprint density at radius 1 is 1.23 bits per heavy atom. The smallest absolute Gasteiger partial charge is 0.310 e. The Hall–Kier alpha value is -3.15. The van der Waals surface area contributed by atoms with E-state index in [0.29, 0.717) is 19.7 Å². The van der Waals surface area contributed by atoms with Crippen LogP contribution in [0.3, 0.4) is 0 Å². The number of aromatic amines is 1. The summed E-state index contributed by atoms with van der Waals surface area (Å²) in [7, 11) is 0. The standard InChI is InChI=1S/C25H27FN2O3/c1-2-31-25(30)18-8-6-12-28(16-18)24(29)14-21(17-7-5-9-19(26)13-17)22-15-27-23-11-4-3-10-20(22)23/h3-5,7,9-11,13,15,18,21,27H,2,6,8,12,14,16H2,1H3/t18-,21-/m1/s1. The Kier molecular flexibility index (Phi) is 6.35. The topological polar surface area (TPSA) is 62.4 Å². The van der Waals surface area contributed by atoms with Crippen molar-refractivity contribution in [2.45, 2.75) is 32.1 Å². The van der Waals surface area contributed by atoms with Gasteiger partial charge in [0, 0.05) is 42.5 Å². The summed E-state index contributed by atoms with van der Waals surface area (Å²) < 4.78 is 19.2. The highest BCUT2D eigenvalue weighted by Crippen LogP contribution is 2.34. The molecule has 0 spiro atoms. The van der Waals surface area contributed by atoms with Crippen LogP contribution < -0.4 is 0 Å². The lowest BCUT2D eigenvalue weighted by Gasteiger charge is -2.32. The first-order valence-electron chi connectivity index (χ1n) is 10.8. The van der Waals surface area contributed by atoms with Crippen LogP contribution >= 0.6 is 0 Å². The largest absolute Gasteiger partial charge is 0.466 e. The normalized spacial score (nSPS) is 17.5. The molecule has 3 aromatic rings. The zero-order valence-corrected chi connectivity index (χ0v) is 17.6. The Labute approximate surface area is 181 Å². The molecule has 1 aliphatic rings. The third kappa shape index (κ3) is 4.63. The molecule has 0 aliphatic carbocycles. The number of likely N-dealkylation sites (tertiary alicyclic amines) is 1. The number of piperidine rings is 1. The number of amides is 1. The van der Waals surface area contributed by atoms with Gasteiger partial charge in [-0.1, -0.05) is 30.3 Å². The fourth-order valence-corrected chi connectivity index (χ4v) is 4.47. The highest BCUT2D eigenvalue weighted by atomic mass is 19.1. The maximum atomic E-state index is 14.0. The lowest BCUT2D eigenvalue weighted by atomic mass is 9.87. The maximum Gasteiger partial charge on any atom is 0.310 e. The average molecular weight is 423 g/mol. The fourth-order valence-electron chi connectivity index (χ4n) is 4.47. The molecule has 5 nitrogen and oxygen atoms in total. The number of H-pyrrole nitrogens is 1. The molecule has 1 saturated heterocycles. The molecule has 4 rings (SSSR count). The quantitative estimate of drug-likeness (QED) is 0.589. The highest BCUT2D eigenvalue weighted by molar-refractivity contribution is 5.86. The number of carbonyl (C=O) groups is 2. The lowest BCUT2D eigenvalue weighted by molar-refractivity contribution is -0.151. The van der Waals surface area contributed by atoms with Gasteiger partial charge in [0.15, 0.2) is 0 Å². The second kappa shape index (κ2) is 9.33. The van der Waals surface area contributed by atoms with Crippen molar-refractivity contribution in [2.24, 2.45) is 5.92 Å². The van der Waals surface area contributed by atoms with Crippen LogP contribution in [0, 0.1) is 11.7 Å². The molecular formula is C25H27FN2O3. The Bertz CT molecular complexity index is 1080. The molecule has 1 aromatic heterocycles. The summed E-state index contributed by atoms with van der Waals surface area (Å²) >= 11 is 0. The second-order valence-electron chi connectivity index (χ2n) is 8.03. The van der Waals surface area contributed by atoms with E-state index in [0.717, 1.165) is 34.9 Å². The zero-order valence-electron chi connectivity index (χ0n) is 17.6. The minimum absolute atomic E-state index is 0.0338. The molecule has 1 fully saturated rings. The average Bonchev–Trinajstić information content (AvgIpc) is 3.21. The van der Waals surface area contributed by atoms with Crippen molar-refractivity contribution < 1.29 is 18.7 Å². The summed E-state index contributed by atoms with van der Waals surface area (Å²) in [4.78, 5) is 30.5. The lowest BCUT2D eigenvalue weighted by Crippen LogP contribution is -2.43. The molecule has 2 atom stereocenters. The summed E-state index contributed by atoms with van der Waals surface area (Å²) in [6.07, 6.45) is 3.62. The Morgan fingerprint density at radius 2 is 2.06 bits per heavy atom. The molecule has 31 heavy (non-hydrogen) atoms. The zero-order chi connectivity index (χ0) is 21.8. The van der Waals surface area contributed by atoms with Crippen LogP contribution in [-0.4, -0.2) is 41.5 Å². The molecule has 1 amide bonds. The maximum absolute atomic E-state index is 14.0. The van der Waals surface area contributed by atoms with E-state index in [4.69, 9.17) is 4.74 Å². The van der Waals surface area contributed by atoms with Gasteiger partial charge >= 0.3 is 5.97 Å². The molecule has 6 heteroatoms. The van der Waals surface area contributed by atoms with Gasteiger partial charge in [0.1, 0.15) is 5.82 Å². The SMILES string of the molecule is CCOC(=O)[C@@H]1CCCN(C(=O)C[C@H](c2cccc(F)c2)c2c[nH]c3ccccc23)C1. The van der Waals surface area contributed by atoms with Gasteiger partial charge in [0.25, 0.3) is 0 Å². The molecule has 0 bridgehead atoms. The van der Waals surface area contributed by atoms with Gasteiger partial charge in [-0.25, -0.2) is 4.39 Å². The number of fused-ring (bicyclic) bond motifs is 1. The van der Waals surface area contributed by atoms with E-state index in [1.807, 2.05) is 36.5 Å². The summed E-state index contributed by atoms with van der Waals surface area (Å²) in [6, 6.07) is 14.3. The van der Waals surface area contributed by atoms with Crippen molar-refractivity contribution in [3.8, 4) is 0 Å². The van der Waals surface area contributed by atoms with E-state index in [1.54, 1.807) is 17.9 Å². The summed E-state index contributed by atoms with van der Waals surface area (Å²) in [5.74, 6) is -1.16. The van der Waals surface area contributed by atoms with E-state index >= 15 is 0 Å². The second-order valence-corrected chi connectivity index (χ2v) is 8.03. The Balaban J connectivity index is 1.61. The van der Waals surface area contributed by atoms with Crippen molar-refractivity contribution in [2.75, 3.05) is 19.7 Å². The van der Waals surface area contributed by atoms with Gasteiger partial charge in [-0.3, -0.25) is 9.59 Å². The first kappa shape index (κ1) is 21.1. The molecule has 2 aromatic carbocycles. The highest BCUT2D eigenvalue weighted by Gasteiger charge is 2.31. The summed E-state index contributed by atoms with van der Waals surface area (Å²) in [5, 5.41) is 1.02. The number of nitrogens with zero attached hydrogens (tertiary/aromatic N) is 1. The number of nitrogens with one attached hydrogen (secondary N) is 1. The first-order valence-corrected chi connectivity index (χ1v) is 10.8. The van der Waals surface area contributed by atoms with Gasteiger partial charge in [0.05, 0.1) is 12.5 Å². The summed E-state index contributed by atoms with van der Waals surface area (Å²) in [5.41, 5.74) is 2.71. The number of carbonyl (C=O) groups excluding carboxylic acids is 2. The predicted molar refractivity (Wildman–Crippen MR) is 117 cm³/mol. The molecule has 162 valence electrons. The van der Waals surface area contributed by atoms with Crippen LogP contribution in [0.15, 0.2) is 54.7 Å². The number of para-hydroxylation sites is 1. The number of halogens is 1. The van der Waals surface area contributed by atoms with Gasteiger partial charge in [-0.2, -0.15) is 0 Å². The van der Waals surface area contributed by atoms with Crippen LogP contribution in [0.4, 0.5) is 4.39 Å². The minimum Gasteiger partial charge on any atom is -0.466 e. The van der Waals surface area contributed by atoms with Crippen LogP contribution in [0.25, 0.3) is 10.9 Å². The van der Waals surface area contributed by atoms with Crippen LogP contribution in [0.2, 0.25) is 0 Å². The van der Waals surface area contributed by atoms with Gasteiger partial charge < -0.3 is 14.6 Å². The van der Waals surface area contributed by atoms with E-state index in [1.165, 1.54) is 12.1 Å². The van der Waals surface area contributed by atoms with Crippen LogP contribution in [-0.2, 0) is 14.3 Å². The number of esters is 1. The van der Waals surface area contributed by atoms with Gasteiger partial charge in [-0.15, -0.1) is 0 Å². The van der Waals surface area contributed by atoms with Crippen LogP contribution in [0.1, 0.15) is 43.2 Å². The predicted octanol–water partition coefficient (Wildman–Crippen LogP) is 4.63. The molecule has 1 aliphatic heterocycles. The summed E-state index contributed by atoms with van der Waals surface area (Å²) in [6.45, 7) is 3.12. The number of hydrogen-bond donors (Lipinski definition) is 1. The minimum atomic E-state index is -0.324. The van der Waals surface area contributed by atoms with Gasteiger partial charge in [-0.05, 0) is 49.1 Å². The van der Waals surface area contributed by atoms with Crippen LogP contribution in [0.5, 0.6) is 0 Å². The number of benzene rings is 2. The molecule has 1 N–H and O–H groups in total. The van der Waals surface area contributed by atoms with E-state index < -0.39 is 0 Å². The van der Waals surface area contributed by atoms with Gasteiger partial charge in [0.2, 0.25) is 5.91 Å². The third-order valence-corrected chi connectivity index (χ3v) is 6.02. The van der Waals surface area contributed by atoms with Crippen molar-refractivity contribution in [1.29, 1.82) is 0 Å². The number of rotatable bonds is 6. The Morgan fingerprint density at radius 3 is 2.87 bits per heavy atom. The van der Waals surface area contributed by atoms with Crippen molar-refractivity contribution in [3.05, 3.63) is 71.7 Å². The van der Waals surface area contributed by atoms with Crippen molar-refractivity contribution >= 4 is 22.8 Å². The van der Waals surface area contributed by atoms with Crippen molar-refractivity contribution in [1.82, 2.24) is 9.88 Å². The van der Waals surface area contributed by atoms with E-state index in [-0.39, 0.29) is 36.0 Å². The number of ether oxygens (including phenoxy) is 1. The molecule has 0 saturated carbocycles.